The maximum atomic E-state index is 13.7. The lowest BCUT2D eigenvalue weighted by Gasteiger charge is -2.22. The van der Waals surface area contributed by atoms with Gasteiger partial charge in [-0.1, -0.05) is 119 Å². The van der Waals surface area contributed by atoms with Gasteiger partial charge in [-0.2, -0.15) is 0 Å². The molecule has 7 nitrogen and oxygen atoms in total. The number of nitrogens with zero attached hydrogens (tertiary/aromatic N) is 3. The molecule has 10 heteroatoms. The number of hydrogen-bond acceptors (Lipinski definition) is 8. The summed E-state index contributed by atoms with van der Waals surface area (Å²) in [6.45, 7) is 2.41. The average molecular weight is 690 g/mol. The SMILES string of the molecule is Cc1cccc(COc2ccc(C(O)=C3C(=O)C(=O)N(c4nnc(SCc5cccc6ccccc56)s4)C3c3cccc(Cl)c3)cc2)c1. The number of rotatable bonds is 9. The van der Waals surface area contributed by atoms with Crippen LogP contribution in [0.2, 0.25) is 5.02 Å². The van der Waals surface area contributed by atoms with E-state index >= 15 is 0 Å². The first kappa shape index (κ1) is 31.6. The normalized spacial score (nSPS) is 15.7. The number of benzene rings is 5. The average Bonchev–Trinajstić information content (AvgIpc) is 3.67. The number of carbonyl (C=O) groups excluding carboxylic acids is 2. The number of aliphatic hydroxyl groups is 1. The van der Waals surface area contributed by atoms with Gasteiger partial charge in [0.15, 0.2) is 4.34 Å². The van der Waals surface area contributed by atoms with Crippen molar-refractivity contribution in [1.29, 1.82) is 0 Å². The highest BCUT2D eigenvalue weighted by Gasteiger charge is 2.48. The van der Waals surface area contributed by atoms with Crippen LogP contribution in [0.4, 0.5) is 5.13 Å². The minimum atomic E-state index is -0.968. The van der Waals surface area contributed by atoms with Crippen molar-refractivity contribution < 1.29 is 19.4 Å². The van der Waals surface area contributed by atoms with E-state index in [4.69, 9.17) is 16.3 Å². The van der Waals surface area contributed by atoms with E-state index in [1.54, 1.807) is 48.5 Å². The number of ether oxygens (including phenoxy) is 1. The quantitative estimate of drug-likeness (QED) is 0.0532. The zero-order chi connectivity index (χ0) is 33.2. The number of anilines is 1. The van der Waals surface area contributed by atoms with E-state index < -0.39 is 17.7 Å². The van der Waals surface area contributed by atoms with Crippen molar-refractivity contribution in [3.05, 3.63) is 154 Å². The molecule has 1 amide bonds. The molecule has 0 aliphatic carbocycles. The van der Waals surface area contributed by atoms with Crippen LogP contribution in [0.1, 0.15) is 33.9 Å². The van der Waals surface area contributed by atoms with Crippen LogP contribution in [0, 0.1) is 6.92 Å². The molecule has 7 rings (SSSR count). The molecule has 0 radical (unpaired) electrons. The Morgan fingerprint density at radius 2 is 1.69 bits per heavy atom. The van der Waals surface area contributed by atoms with E-state index in [2.05, 4.69) is 40.5 Å². The third-order valence-corrected chi connectivity index (χ3v) is 10.4. The van der Waals surface area contributed by atoms with Gasteiger partial charge in [-0.15, -0.1) is 10.2 Å². The number of aromatic nitrogens is 2. The summed E-state index contributed by atoms with van der Waals surface area (Å²) < 4.78 is 6.58. The molecule has 1 unspecified atom stereocenters. The Morgan fingerprint density at radius 1 is 0.917 bits per heavy atom. The summed E-state index contributed by atoms with van der Waals surface area (Å²) in [5, 5.41) is 23.3. The van der Waals surface area contributed by atoms with E-state index in [1.807, 2.05) is 43.3 Å². The van der Waals surface area contributed by atoms with Gasteiger partial charge in [0.05, 0.1) is 11.6 Å². The van der Waals surface area contributed by atoms with Crippen LogP contribution in [0.5, 0.6) is 5.75 Å². The highest BCUT2D eigenvalue weighted by Crippen LogP contribution is 2.44. The van der Waals surface area contributed by atoms with Crippen molar-refractivity contribution in [2.24, 2.45) is 0 Å². The summed E-state index contributed by atoms with van der Waals surface area (Å²) in [4.78, 5) is 28.6. The molecule has 48 heavy (non-hydrogen) atoms. The van der Waals surface area contributed by atoms with Crippen LogP contribution in [0.25, 0.3) is 16.5 Å². The number of amides is 1. The van der Waals surface area contributed by atoms with Crippen LogP contribution >= 0.6 is 34.7 Å². The van der Waals surface area contributed by atoms with E-state index in [1.165, 1.54) is 28.0 Å². The Morgan fingerprint density at radius 3 is 2.50 bits per heavy atom. The van der Waals surface area contributed by atoms with Crippen molar-refractivity contribution in [3.63, 3.8) is 0 Å². The first-order valence-corrected chi connectivity index (χ1v) is 17.3. The van der Waals surface area contributed by atoms with Crippen LogP contribution in [0.15, 0.2) is 125 Å². The van der Waals surface area contributed by atoms with Crippen molar-refractivity contribution >= 4 is 68.1 Å². The van der Waals surface area contributed by atoms with Gasteiger partial charge in [0.25, 0.3) is 5.78 Å². The first-order valence-electron chi connectivity index (χ1n) is 15.1. The maximum Gasteiger partial charge on any atom is 0.301 e. The van der Waals surface area contributed by atoms with E-state index in [9.17, 15) is 14.7 Å². The van der Waals surface area contributed by atoms with Gasteiger partial charge >= 0.3 is 5.91 Å². The van der Waals surface area contributed by atoms with E-state index in [0.29, 0.717) is 38.6 Å². The van der Waals surface area contributed by atoms with Gasteiger partial charge in [-0.05, 0) is 70.8 Å². The fourth-order valence-corrected chi connectivity index (χ4v) is 7.84. The summed E-state index contributed by atoms with van der Waals surface area (Å²) in [5.74, 6) is -0.681. The Bertz CT molecular complexity index is 2190. The number of carbonyl (C=O) groups is 2. The van der Waals surface area contributed by atoms with Crippen LogP contribution in [-0.2, 0) is 21.9 Å². The summed E-state index contributed by atoms with van der Waals surface area (Å²) in [6.07, 6.45) is 0. The lowest BCUT2D eigenvalue weighted by atomic mass is 9.95. The Balaban J connectivity index is 1.18. The minimum Gasteiger partial charge on any atom is -0.507 e. The van der Waals surface area contributed by atoms with Gasteiger partial charge in [-0.3, -0.25) is 14.5 Å². The minimum absolute atomic E-state index is 0.0594. The molecule has 1 aromatic heterocycles. The molecule has 1 aliphatic rings. The predicted octanol–water partition coefficient (Wildman–Crippen LogP) is 9.15. The molecule has 1 saturated heterocycles. The van der Waals surface area contributed by atoms with Gasteiger partial charge in [0, 0.05) is 16.3 Å². The number of thioether (sulfide) groups is 1. The standard InChI is InChI=1S/C38H28ClN3O4S2/c1-23-7-4-8-24(19-23)21-46-30-17-15-26(16-18-30)34(43)32-33(27-11-6-13-29(39)20-27)42(36(45)35(32)44)37-40-41-38(48-37)47-22-28-12-5-10-25-9-2-3-14-31(25)28/h2-20,33,43H,21-22H2,1H3. The zero-order valence-corrected chi connectivity index (χ0v) is 28.1. The summed E-state index contributed by atoms with van der Waals surface area (Å²) in [5.41, 5.74) is 4.20. The van der Waals surface area contributed by atoms with Crippen LogP contribution < -0.4 is 9.64 Å². The zero-order valence-electron chi connectivity index (χ0n) is 25.7. The second kappa shape index (κ2) is 13.6. The van der Waals surface area contributed by atoms with Crippen LogP contribution in [0.3, 0.4) is 0 Å². The van der Waals surface area contributed by atoms with Crippen molar-refractivity contribution in [2.45, 2.75) is 29.7 Å². The molecule has 6 aromatic rings. The smallest absolute Gasteiger partial charge is 0.301 e. The number of aliphatic hydroxyl groups excluding tert-OH is 1. The molecule has 2 heterocycles. The van der Waals surface area contributed by atoms with E-state index in [0.717, 1.165) is 27.5 Å². The molecule has 1 N–H and O–H groups in total. The Kier molecular flexibility index (Phi) is 8.99. The van der Waals surface area contributed by atoms with Gasteiger partial charge < -0.3 is 9.84 Å². The summed E-state index contributed by atoms with van der Waals surface area (Å²) in [6, 6.07) is 35.1. The molecule has 238 valence electrons. The number of ketones is 1. The molecule has 0 bridgehead atoms. The second-order valence-electron chi connectivity index (χ2n) is 11.3. The lowest BCUT2D eigenvalue weighted by Crippen LogP contribution is -2.29. The van der Waals surface area contributed by atoms with Crippen molar-refractivity contribution in [3.8, 4) is 5.75 Å². The summed E-state index contributed by atoms with van der Waals surface area (Å²) >= 11 is 9.09. The fourth-order valence-electron chi connectivity index (χ4n) is 5.77. The molecule has 1 fully saturated rings. The molecule has 0 spiro atoms. The highest BCUT2D eigenvalue weighted by atomic mass is 35.5. The fraction of sp³-hybridized carbons (Fsp3) is 0.105. The largest absolute Gasteiger partial charge is 0.507 e. The van der Waals surface area contributed by atoms with Crippen molar-refractivity contribution in [2.75, 3.05) is 4.90 Å². The lowest BCUT2D eigenvalue weighted by molar-refractivity contribution is -0.132. The Labute approximate surface area is 290 Å². The number of fused-ring (bicyclic) bond motifs is 1. The number of hydrogen-bond donors (Lipinski definition) is 1. The molecule has 5 aromatic carbocycles. The molecular formula is C38H28ClN3O4S2. The van der Waals surface area contributed by atoms with Gasteiger partial charge in [0.2, 0.25) is 5.13 Å². The second-order valence-corrected chi connectivity index (χ2v) is 13.9. The monoisotopic (exact) mass is 689 g/mol. The van der Waals surface area contributed by atoms with Gasteiger partial charge in [0.1, 0.15) is 18.1 Å². The predicted molar refractivity (Wildman–Crippen MR) is 192 cm³/mol. The first-order chi connectivity index (χ1) is 23.4. The molecule has 1 atom stereocenters. The van der Waals surface area contributed by atoms with Crippen LogP contribution in [-0.4, -0.2) is 27.0 Å². The van der Waals surface area contributed by atoms with E-state index in [-0.39, 0.29) is 16.5 Å². The molecule has 1 aliphatic heterocycles. The molecular weight excluding hydrogens is 662 g/mol. The maximum absolute atomic E-state index is 13.7. The number of halogens is 1. The number of aryl methyl sites for hydroxylation is 1. The third-order valence-electron chi connectivity index (χ3n) is 8.06. The van der Waals surface area contributed by atoms with Crippen molar-refractivity contribution in [1.82, 2.24) is 10.2 Å². The highest BCUT2D eigenvalue weighted by molar-refractivity contribution is 8.00. The third kappa shape index (κ3) is 6.44. The topological polar surface area (TPSA) is 92.6 Å². The van der Waals surface area contributed by atoms with Gasteiger partial charge in [-0.25, -0.2) is 0 Å². The number of Topliss-reactive ketones (excluding diaryl/α,β-unsaturated/α-hetero) is 1. The summed E-state index contributed by atoms with van der Waals surface area (Å²) in [7, 11) is 0. The Hall–Kier alpha value is -4.96. The molecule has 0 saturated carbocycles.